The summed E-state index contributed by atoms with van der Waals surface area (Å²) in [7, 11) is 0. The third-order valence-corrected chi connectivity index (χ3v) is 5.72. The molecule has 0 saturated carbocycles. The molecule has 1 aromatic heterocycles. The van der Waals surface area contributed by atoms with Crippen molar-refractivity contribution in [1.29, 1.82) is 0 Å². The van der Waals surface area contributed by atoms with Crippen LogP contribution in [0.5, 0.6) is 0 Å². The molecule has 136 valence electrons. The Morgan fingerprint density at radius 3 is 2.33 bits per heavy atom. The molecule has 1 aliphatic heterocycles. The van der Waals surface area contributed by atoms with E-state index in [-0.39, 0.29) is 30.0 Å². The van der Waals surface area contributed by atoms with Crippen LogP contribution >= 0.6 is 11.8 Å². The van der Waals surface area contributed by atoms with E-state index in [0.29, 0.717) is 10.9 Å². The topological polar surface area (TPSA) is 64.0 Å². The summed E-state index contributed by atoms with van der Waals surface area (Å²) in [5.41, 5.74) is 1.94. The second-order valence-electron chi connectivity index (χ2n) is 6.43. The number of rotatable bonds is 5. The summed E-state index contributed by atoms with van der Waals surface area (Å²) in [6.07, 6.45) is 1.77. The Labute approximate surface area is 161 Å². The average molecular weight is 377 g/mol. The fraction of sp³-hybridized carbons (Fsp3) is 0.190. The fourth-order valence-electron chi connectivity index (χ4n) is 3.32. The molecule has 6 heteroatoms. The van der Waals surface area contributed by atoms with Gasteiger partial charge in [-0.15, -0.1) is 0 Å². The van der Waals surface area contributed by atoms with E-state index in [4.69, 9.17) is 0 Å². The van der Waals surface area contributed by atoms with Crippen molar-refractivity contribution in [1.82, 2.24) is 14.9 Å². The molecule has 2 aromatic carbocycles. The van der Waals surface area contributed by atoms with Gasteiger partial charge >= 0.3 is 0 Å². The summed E-state index contributed by atoms with van der Waals surface area (Å²) in [4.78, 5) is 29.2. The van der Waals surface area contributed by atoms with Gasteiger partial charge in [0.25, 0.3) is 5.56 Å². The molecule has 2 heterocycles. The summed E-state index contributed by atoms with van der Waals surface area (Å²) in [6.45, 7) is 0. The highest BCUT2D eigenvalue weighted by Gasteiger charge is 2.27. The van der Waals surface area contributed by atoms with Crippen molar-refractivity contribution in [3.05, 3.63) is 94.4 Å². The van der Waals surface area contributed by atoms with Gasteiger partial charge in [0, 0.05) is 24.4 Å². The van der Waals surface area contributed by atoms with Crippen LogP contribution in [0.25, 0.3) is 0 Å². The second-order valence-corrected chi connectivity index (χ2v) is 7.41. The van der Waals surface area contributed by atoms with Crippen molar-refractivity contribution in [2.24, 2.45) is 0 Å². The molecule has 3 aromatic rings. The van der Waals surface area contributed by atoms with Crippen molar-refractivity contribution in [3.63, 3.8) is 0 Å². The largest absolute Gasteiger partial charge is 0.345 e. The predicted octanol–water partition coefficient (Wildman–Crippen LogP) is 3.19. The lowest BCUT2D eigenvalue weighted by molar-refractivity contribution is -0.122. The minimum atomic E-state index is -0.223. The quantitative estimate of drug-likeness (QED) is 0.694. The van der Waals surface area contributed by atoms with E-state index < -0.39 is 0 Å². The molecule has 5 nitrogen and oxygen atoms in total. The van der Waals surface area contributed by atoms with E-state index in [2.05, 4.69) is 10.3 Å². The predicted molar refractivity (Wildman–Crippen MR) is 106 cm³/mol. The van der Waals surface area contributed by atoms with Crippen LogP contribution in [0, 0.1) is 0 Å². The maximum absolute atomic E-state index is 12.8. The SMILES string of the molecule is O=C(C[C@H]1CSc2nccc(=O)n21)NC(c1ccccc1)c1ccccc1. The molecule has 0 radical (unpaired) electrons. The lowest BCUT2D eigenvalue weighted by Gasteiger charge is -2.21. The van der Waals surface area contributed by atoms with Crippen molar-refractivity contribution in [2.75, 3.05) is 5.75 Å². The first-order valence-electron chi connectivity index (χ1n) is 8.82. The summed E-state index contributed by atoms with van der Waals surface area (Å²) in [5.74, 6) is 0.600. The van der Waals surface area contributed by atoms with Gasteiger partial charge in [-0.05, 0) is 11.1 Å². The lowest BCUT2D eigenvalue weighted by atomic mass is 9.98. The number of hydrogen-bond donors (Lipinski definition) is 1. The van der Waals surface area contributed by atoms with Crippen LogP contribution in [-0.2, 0) is 4.79 Å². The lowest BCUT2D eigenvalue weighted by Crippen LogP contribution is -2.33. The summed E-state index contributed by atoms with van der Waals surface area (Å²) >= 11 is 1.52. The number of hydrogen-bond acceptors (Lipinski definition) is 4. The van der Waals surface area contributed by atoms with Gasteiger partial charge in [-0.2, -0.15) is 0 Å². The number of aromatic nitrogens is 2. The first kappa shape index (κ1) is 17.5. The average Bonchev–Trinajstić information content (AvgIpc) is 3.11. The van der Waals surface area contributed by atoms with Crippen LogP contribution in [0.3, 0.4) is 0 Å². The summed E-state index contributed by atoms with van der Waals surface area (Å²) < 4.78 is 1.63. The number of nitrogens with zero attached hydrogens (tertiary/aromatic N) is 2. The Balaban J connectivity index is 1.55. The first-order valence-corrected chi connectivity index (χ1v) is 9.80. The van der Waals surface area contributed by atoms with E-state index in [1.165, 1.54) is 24.0 Å². The Morgan fingerprint density at radius 1 is 1.07 bits per heavy atom. The Morgan fingerprint density at radius 2 is 1.70 bits per heavy atom. The minimum Gasteiger partial charge on any atom is -0.345 e. The van der Waals surface area contributed by atoms with E-state index in [1.807, 2.05) is 60.7 Å². The van der Waals surface area contributed by atoms with Gasteiger partial charge in [0.15, 0.2) is 5.16 Å². The summed E-state index contributed by atoms with van der Waals surface area (Å²) in [5, 5.41) is 3.83. The van der Waals surface area contributed by atoms with Gasteiger partial charge in [0.2, 0.25) is 5.91 Å². The minimum absolute atomic E-state index is 0.0816. The highest BCUT2D eigenvalue weighted by atomic mass is 32.2. The number of thioether (sulfide) groups is 1. The van der Waals surface area contributed by atoms with Crippen molar-refractivity contribution in [2.45, 2.75) is 23.7 Å². The molecule has 1 amide bonds. The van der Waals surface area contributed by atoms with Gasteiger partial charge in [-0.1, -0.05) is 72.4 Å². The number of amides is 1. The van der Waals surface area contributed by atoms with Gasteiger partial charge in [-0.25, -0.2) is 4.98 Å². The highest BCUT2D eigenvalue weighted by Crippen LogP contribution is 2.32. The van der Waals surface area contributed by atoms with E-state index in [1.54, 1.807) is 4.57 Å². The number of carbonyl (C=O) groups excluding carboxylic acids is 1. The molecular weight excluding hydrogens is 358 g/mol. The van der Waals surface area contributed by atoms with Crippen LogP contribution in [0.15, 0.2) is 82.9 Å². The van der Waals surface area contributed by atoms with Crippen LogP contribution in [0.1, 0.15) is 29.6 Å². The number of nitrogens with one attached hydrogen (secondary N) is 1. The zero-order valence-corrected chi connectivity index (χ0v) is 15.4. The number of carbonyl (C=O) groups is 1. The molecule has 0 spiro atoms. The molecule has 0 fully saturated rings. The van der Waals surface area contributed by atoms with Crippen LogP contribution in [0.2, 0.25) is 0 Å². The van der Waals surface area contributed by atoms with Gasteiger partial charge in [0.05, 0.1) is 12.1 Å². The molecular formula is C21H19N3O2S. The Hall–Kier alpha value is -2.86. The Kier molecular flexibility index (Phi) is 5.07. The van der Waals surface area contributed by atoms with Crippen LogP contribution < -0.4 is 10.9 Å². The zero-order chi connectivity index (χ0) is 18.6. The van der Waals surface area contributed by atoms with Crippen molar-refractivity contribution >= 4 is 17.7 Å². The molecule has 4 rings (SSSR count). The molecule has 1 N–H and O–H groups in total. The van der Waals surface area contributed by atoms with Gasteiger partial charge in [-0.3, -0.25) is 14.2 Å². The van der Waals surface area contributed by atoms with Crippen molar-refractivity contribution in [3.8, 4) is 0 Å². The van der Waals surface area contributed by atoms with Gasteiger partial charge < -0.3 is 5.32 Å². The molecule has 0 bridgehead atoms. The van der Waals surface area contributed by atoms with Crippen molar-refractivity contribution < 1.29 is 4.79 Å². The highest BCUT2D eigenvalue weighted by molar-refractivity contribution is 7.99. The van der Waals surface area contributed by atoms with E-state index >= 15 is 0 Å². The van der Waals surface area contributed by atoms with Crippen LogP contribution in [-0.4, -0.2) is 21.2 Å². The van der Waals surface area contributed by atoms with Gasteiger partial charge in [0.1, 0.15) is 0 Å². The molecule has 0 aliphatic carbocycles. The fourth-order valence-corrected chi connectivity index (χ4v) is 4.45. The molecule has 1 atom stereocenters. The normalized spacial score (nSPS) is 15.5. The molecule has 0 saturated heterocycles. The second kappa shape index (κ2) is 7.80. The third kappa shape index (κ3) is 3.80. The smallest absolute Gasteiger partial charge is 0.254 e. The first-order chi connectivity index (χ1) is 13.2. The third-order valence-electron chi connectivity index (χ3n) is 4.61. The zero-order valence-electron chi connectivity index (χ0n) is 14.6. The van der Waals surface area contributed by atoms with Crippen LogP contribution in [0.4, 0.5) is 0 Å². The van der Waals surface area contributed by atoms with E-state index in [0.717, 1.165) is 11.1 Å². The monoisotopic (exact) mass is 377 g/mol. The molecule has 1 aliphatic rings. The maximum Gasteiger partial charge on any atom is 0.254 e. The molecule has 27 heavy (non-hydrogen) atoms. The molecule has 0 unspecified atom stereocenters. The summed E-state index contributed by atoms with van der Waals surface area (Å²) in [6, 6.07) is 20.9. The standard InChI is InChI=1S/C21H19N3O2S/c25-18(13-17-14-27-21-22-12-11-19(26)24(17)21)23-20(15-7-3-1-4-8-15)16-9-5-2-6-10-16/h1-12,17,20H,13-14H2,(H,23,25)/t17-/m0/s1. The number of fused-ring (bicyclic) bond motifs is 1. The Bertz CT molecular complexity index is 950. The van der Waals surface area contributed by atoms with E-state index in [9.17, 15) is 9.59 Å². The number of benzene rings is 2. The maximum atomic E-state index is 12.8.